The summed E-state index contributed by atoms with van der Waals surface area (Å²) in [5.41, 5.74) is 0.490. The second-order valence-electron chi connectivity index (χ2n) is 4.58. The second kappa shape index (κ2) is 6.49. The van der Waals surface area contributed by atoms with Gasteiger partial charge in [0.1, 0.15) is 30.2 Å². The van der Waals surface area contributed by atoms with Gasteiger partial charge in [0.2, 0.25) is 6.29 Å². The Morgan fingerprint density at radius 1 is 1.00 bits per heavy atom. The molecule has 1 heterocycles. The van der Waals surface area contributed by atoms with Gasteiger partial charge >= 0.3 is 0 Å². The predicted octanol–water partition coefficient (Wildman–Crippen LogP) is -1.64. The molecule has 7 nitrogen and oxygen atoms in total. The van der Waals surface area contributed by atoms with Crippen LogP contribution in [0.4, 0.5) is 0 Å². The molecule has 112 valence electrons. The topological polar surface area (TPSA) is 120 Å². The van der Waals surface area contributed by atoms with E-state index < -0.39 is 37.3 Å². The number of benzene rings is 1. The first-order valence-electron chi connectivity index (χ1n) is 6.24. The van der Waals surface area contributed by atoms with Crippen molar-refractivity contribution < 1.29 is 35.0 Å². The molecule has 1 aromatic rings. The normalized spacial score (nSPS) is 34.0. The third-order valence-corrected chi connectivity index (χ3v) is 3.23. The van der Waals surface area contributed by atoms with Crippen LogP contribution in [0.25, 0.3) is 0 Å². The van der Waals surface area contributed by atoms with Crippen molar-refractivity contribution in [3.63, 3.8) is 0 Å². The maximum absolute atomic E-state index is 9.84. The fourth-order valence-corrected chi connectivity index (χ4v) is 2.04. The van der Waals surface area contributed by atoms with E-state index in [0.717, 1.165) is 0 Å². The van der Waals surface area contributed by atoms with Gasteiger partial charge in [0.25, 0.3) is 0 Å². The highest BCUT2D eigenvalue weighted by molar-refractivity contribution is 5.32. The average Bonchev–Trinajstić information content (AvgIpc) is 2.48. The van der Waals surface area contributed by atoms with Crippen LogP contribution in [0.3, 0.4) is 0 Å². The number of rotatable bonds is 4. The first kappa shape index (κ1) is 15.2. The van der Waals surface area contributed by atoms with E-state index in [1.165, 1.54) is 0 Å². The third kappa shape index (κ3) is 2.93. The highest BCUT2D eigenvalue weighted by atomic mass is 16.7. The molecule has 1 fully saturated rings. The molecule has 0 aliphatic carbocycles. The minimum absolute atomic E-state index is 0.256. The van der Waals surface area contributed by atoms with Crippen molar-refractivity contribution in [3.05, 3.63) is 29.8 Å². The molecular formula is C13H18O7. The first-order chi connectivity index (χ1) is 9.58. The molecule has 0 aromatic heterocycles. The van der Waals surface area contributed by atoms with Crippen molar-refractivity contribution in [2.24, 2.45) is 0 Å². The van der Waals surface area contributed by atoms with Gasteiger partial charge in [0.15, 0.2) is 0 Å². The van der Waals surface area contributed by atoms with Crippen LogP contribution in [0.5, 0.6) is 5.75 Å². The van der Waals surface area contributed by atoms with Gasteiger partial charge in [0, 0.05) is 5.56 Å². The van der Waals surface area contributed by atoms with Crippen LogP contribution >= 0.6 is 0 Å². The van der Waals surface area contributed by atoms with Gasteiger partial charge in [-0.2, -0.15) is 0 Å². The van der Waals surface area contributed by atoms with Gasteiger partial charge in [-0.1, -0.05) is 18.2 Å². The molecule has 7 heteroatoms. The summed E-state index contributed by atoms with van der Waals surface area (Å²) >= 11 is 0. The van der Waals surface area contributed by atoms with Crippen molar-refractivity contribution in [1.82, 2.24) is 0 Å². The maximum Gasteiger partial charge on any atom is 0.229 e. The minimum Gasteiger partial charge on any atom is -0.462 e. The molecular weight excluding hydrogens is 268 g/mol. The van der Waals surface area contributed by atoms with Crippen LogP contribution < -0.4 is 4.74 Å². The monoisotopic (exact) mass is 286 g/mol. The van der Waals surface area contributed by atoms with E-state index in [-0.39, 0.29) is 6.61 Å². The fraction of sp³-hybridized carbons (Fsp3) is 0.538. The molecule has 2 rings (SSSR count). The maximum atomic E-state index is 9.84. The highest BCUT2D eigenvalue weighted by Gasteiger charge is 2.44. The summed E-state index contributed by atoms with van der Waals surface area (Å²) in [6.45, 7) is -0.778. The van der Waals surface area contributed by atoms with Crippen LogP contribution in [0.2, 0.25) is 0 Å². The lowest BCUT2D eigenvalue weighted by molar-refractivity contribution is -0.277. The zero-order chi connectivity index (χ0) is 14.7. The molecule has 0 unspecified atom stereocenters. The van der Waals surface area contributed by atoms with Crippen LogP contribution in [0.15, 0.2) is 24.3 Å². The zero-order valence-electron chi connectivity index (χ0n) is 10.7. The Labute approximate surface area is 115 Å². The van der Waals surface area contributed by atoms with Gasteiger partial charge in [0.05, 0.1) is 13.2 Å². The molecule has 20 heavy (non-hydrogen) atoms. The summed E-state index contributed by atoms with van der Waals surface area (Å²) in [5.74, 6) is 0.291. The minimum atomic E-state index is -1.49. The lowest BCUT2D eigenvalue weighted by Gasteiger charge is -2.39. The molecule has 5 atom stereocenters. The fourth-order valence-electron chi connectivity index (χ4n) is 2.04. The predicted molar refractivity (Wildman–Crippen MR) is 66.8 cm³/mol. The van der Waals surface area contributed by atoms with Gasteiger partial charge < -0.3 is 35.0 Å². The van der Waals surface area contributed by atoms with Crippen LogP contribution in [-0.2, 0) is 11.3 Å². The van der Waals surface area contributed by atoms with E-state index >= 15 is 0 Å². The smallest absolute Gasteiger partial charge is 0.229 e. The van der Waals surface area contributed by atoms with Gasteiger partial charge in [-0.3, -0.25) is 0 Å². The number of aliphatic hydroxyl groups is 5. The molecule has 0 spiro atoms. The lowest BCUT2D eigenvalue weighted by Crippen LogP contribution is -2.60. The summed E-state index contributed by atoms with van der Waals surface area (Å²) in [7, 11) is 0. The second-order valence-corrected chi connectivity index (χ2v) is 4.58. The van der Waals surface area contributed by atoms with Crippen molar-refractivity contribution in [1.29, 1.82) is 0 Å². The average molecular weight is 286 g/mol. The summed E-state index contributed by atoms with van der Waals surface area (Å²) < 4.78 is 10.6. The molecule has 0 saturated carbocycles. The Morgan fingerprint density at radius 2 is 1.70 bits per heavy atom. The van der Waals surface area contributed by atoms with E-state index in [2.05, 4.69) is 0 Å². The van der Waals surface area contributed by atoms with Crippen molar-refractivity contribution in [2.75, 3.05) is 6.61 Å². The van der Waals surface area contributed by atoms with Crippen molar-refractivity contribution in [3.8, 4) is 5.75 Å². The van der Waals surface area contributed by atoms with E-state index in [1.54, 1.807) is 24.3 Å². The Hall–Kier alpha value is -1.22. The first-order valence-corrected chi connectivity index (χ1v) is 6.24. The highest BCUT2D eigenvalue weighted by Crippen LogP contribution is 2.26. The molecule has 0 radical (unpaired) electrons. The van der Waals surface area contributed by atoms with Crippen molar-refractivity contribution >= 4 is 0 Å². The number of aliphatic hydroxyl groups excluding tert-OH is 5. The standard InChI is InChI=1S/C13H18O7/c14-5-7-3-1-2-4-8(7)19-13-12(18)11(17)10(16)9(6-15)20-13/h1-4,9-18H,5-6H2/t9-,10+,11-,12-,13-/m1/s1. The molecule has 1 saturated heterocycles. The molecule has 1 aliphatic rings. The number of ether oxygens (including phenoxy) is 2. The lowest BCUT2D eigenvalue weighted by atomic mass is 9.99. The van der Waals surface area contributed by atoms with Gasteiger partial charge in [-0.15, -0.1) is 0 Å². The quantitative estimate of drug-likeness (QED) is 0.450. The summed E-state index contributed by atoms with van der Waals surface area (Å²) in [6.07, 6.45) is -6.67. The van der Waals surface area contributed by atoms with Gasteiger partial charge in [-0.05, 0) is 6.07 Å². The molecule has 0 bridgehead atoms. The molecule has 1 aromatic carbocycles. The third-order valence-electron chi connectivity index (χ3n) is 3.23. The molecule has 1 aliphatic heterocycles. The Balaban J connectivity index is 2.15. The van der Waals surface area contributed by atoms with E-state index in [1.807, 2.05) is 0 Å². The van der Waals surface area contributed by atoms with E-state index in [0.29, 0.717) is 11.3 Å². The summed E-state index contributed by atoms with van der Waals surface area (Å²) in [4.78, 5) is 0. The largest absolute Gasteiger partial charge is 0.462 e. The van der Waals surface area contributed by atoms with Crippen LogP contribution in [-0.4, -0.2) is 62.8 Å². The number of hydrogen-bond donors (Lipinski definition) is 5. The Kier molecular flexibility index (Phi) is 4.92. The summed E-state index contributed by atoms with van der Waals surface area (Å²) in [5, 5.41) is 47.4. The molecule has 5 N–H and O–H groups in total. The summed E-state index contributed by atoms with van der Waals surface area (Å²) in [6, 6.07) is 6.61. The van der Waals surface area contributed by atoms with Crippen LogP contribution in [0.1, 0.15) is 5.56 Å². The zero-order valence-corrected chi connectivity index (χ0v) is 10.7. The Morgan fingerprint density at radius 3 is 2.35 bits per heavy atom. The van der Waals surface area contributed by atoms with Gasteiger partial charge in [-0.25, -0.2) is 0 Å². The van der Waals surface area contributed by atoms with E-state index in [4.69, 9.17) is 14.6 Å². The number of hydrogen-bond acceptors (Lipinski definition) is 7. The SMILES string of the molecule is OCc1ccccc1O[C@@H]1O[C@H](CO)[C@H](O)[C@@H](O)[C@H]1O. The molecule has 0 amide bonds. The van der Waals surface area contributed by atoms with Crippen molar-refractivity contribution in [2.45, 2.75) is 37.3 Å². The Bertz CT molecular complexity index is 436. The number of para-hydroxylation sites is 1. The van der Waals surface area contributed by atoms with Crippen LogP contribution in [0, 0.1) is 0 Å². The van der Waals surface area contributed by atoms with E-state index in [9.17, 15) is 20.4 Å².